The Balaban J connectivity index is 1.72. The summed E-state index contributed by atoms with van der Waals surface area (Å²) in [6.45, 7) is 0. The third-order valence-electron chi connectivity index (χ3n) is 4.88. The average molecular weight is 388 g/mol. The Bertz CT molecular complexity index is 1120. The Morgan fingerprint density at radius 1 is 1.07 bits per heavy atom. The van der Waals surface area contributed by atoms with Gasteiger partial charge < -0.3 is 19.0 Å². The summed E-state index contributed by atoms with van der Waals surface area (Å²) in [4.78, 5) is 4.10. The maximum absolute atomic E-state index is 11.2. The van der Waals surface area contributed by atoms with Crippen molar-refractivity contribution in [2.75, 3.05) is 31.0 Å². The van der Waals surface area contributed by atoms with E-state index in [1.807, 2.05) is 49.3 Å². The van der Waals surface area contributed by atoms with Crippen molar-refractivity contribution in [3.63, 3.8) is 0 Å². The van der Waals surface area contributed by atoms with Crippen molar-refractivity contribution in [2.24, 2.45) is 0 Å². The highest BCUT2D eigenvalue weighted by atomic mass is 32.2. The quantitative estimate of drug-likeness (QED) is 0.686. The minimum atomic E-state index is -4.08. The topological polar surface area (TPSA) is 83.2 Å². The molecule has 1 N–H and O–H groups in total. The lowest BCUT2D eigenvalue weighted by Crippen LogP contribution is -2.30. The molecule has 1 atom stereocenters. The van der Waals surface area contributed by atoms with Crippen LogP contribution in [0.2, 0.25) is 0 Å². The van der Waals surface area contributed by atoms with E-state index in [0.717, 1.165) is 33.9 Å². The predicted octanol–water partition coefficient (Wildman–Crippen LogP) is 3.41. The molecule has 8 heteroatoms. The van der Waals surface area contributed by atoms with E-state index in [4.69, 9.17) is 13.7 Å². The predicted molar refractivity (Wildman–Crippen MR) is 104 cm³/mol. The monoisotopic (exact) mass is 388 g/mol. The molecule has 0 aliphatic carbocycles. The first-order valence-electron chi connectivity index (χ1n) is 8.38. The molecular formula is C19H20N2O5S. The Hall–Kier alpha value is -2.71. The first-order valence-corrected chi connectivity index (χ1v) is 9.99. The maximum atomic E-state index is 11.2. The minimum Gasteiger partial charge on any atom is -0.497 e. The molecule has 0 saturated heterocycles. The fourth-order valence-electron chi connectivity index (χ4n) is 3.64. The summed E-state index contributed by atoms with van der Waals surface area (Å²) in [5.74, 6) is 1.10. The van der Waals surface area contributed by atoms with Crippen molar-refractivity contribution in [3.8, 4) is 5.75 Å². The number of furan rings is 1. The van der Waals surface area contributed by atoms with Crippen LogP contribution in [0, 0.1) is 0 Å². The Labute approximate surface area is 157 Å². The van der Waals surface area contributed by atoms with Crippen LogP contribution < -0.4 is 14.5 Å². The van der Waals surface area contributed by atoms with Gasteiger partial charge in [-0.2, -0.15) is 8.42 Å². The van der Waals surface area contributed by atoms with Gasteiger partial charge >= 0.3 is 0 Å². The maximum Gasteiger partial charge on any atom is 0.269 e. The molecule has 0 spiro atoms. The zero-order chi connectivity index (χ0) is 19.3. The standard InChI is InChI=1S/C19H20N2O5S/c1-20-15-7-4-12(11-27(22,23)24)8-16(15)21(2)19(20)18-9-13-5-6-14(25-3)10-17(13)26-18/h4-10,19H,11H2,1-3H3,(H,22,23,24). The number of methoxy groups -OCH3 is 1. The number of hydrogen-bond donors (Lipinski definition) is 1. The Morgan fingerprint density at radius 3 is 2.52 bits per heavy atom. The summed E-state index contributed by atoms with van der Waals surface area (Å²) >= 11 is 0. The SMILES string of the molecule is COc1ccc2cc(C3N(C)c4ccc(CS(=O)(=O)O)cc4N3C)oc2c1. The third kappa shape index (κ3) is 3.11. The second-order valence-corrected chi connectivity index (χ2v) is 8.15. The van der Waals surface area contributed by atoms with E-state index in [0.29, 0.717) is 5.56 Å². The van der Waals surface area contributed by atoms with Crippen LogP contribution in [0.1, 0.15) is 17.5 Å². The van der Waals surface area contributed by atoms with E-state index in [9.17, 15) is 8.42 Å². The van der Waals surface area contributed by atoms with Gasteiger partial charge in [0, 0.05) is 25.5 Å². The van der Waals surface area contributed by atoms with Crippen LogP contribution in [-0.2, 0) is 15.9 Å². The molecule has 2 aromatic carbocycles. The van der Waals surface area contributed by atoms with Crippen LogP contribution in [0.25, 0.3) is 11.0 Å². The molecule has 1 aromatic heterocycles. The fraction of sp³-hybridized carbons (Fsp3) is 0.263. The summed E-state index contributed by atoms with van der Waals surface area (Å²) in [5.41, 5.74) is 3.11. The van der Waals surface area contributed by atoms with Gasteiger partial charge in [-0.15, -0.1) is 0 Å². The summed E-state index contributed by atoms with van der Waals surface area (Å²) < 4.78 is 42.8. The highest BCUT2D eigenvalue weighted by Gasteiger charge is 2.35. The number of benzene rings is 2. The lowest BCUT2D eigenvalue weighted by Gasteiger charge is -2.25. The van der Waals surface area contributed by atoms with Gasteiger partial charge in [0.15, 0.2) is 6.17 Å². The molecule has 7 nitrogen and oxygen atoms in total. The number of hydrogen-bond acceptors (Lipinski definition) is 6. The highest BCUT2D eigenvalue weighted by molar-refractivity contribution is 7.85. The molecule has 4 rings (SSSR count). The normalized spacial score (nSPS) is 16.8. The van der Waals surface area contributed by atoms with Crippen molar-refractivity contribution < 1.29 is 22.1 Å². The first kappa shape index (κ1) is 17.7. The van der Waals surface area contributed by atoms with Gasteiger partial charge in [-0.25, -0.2) is 0 Å². The molecule has 0 bridgehead atoms. The average Bonchev–Trinajstić information content (AvgIpc) is 3.12. The van der Waals surface area contributed by atoms with Gasteiger partial charge in [0.2, 0.25) is 0 Å². The van der Waals surface area contributed by atoms with Gasteiger partial charge in [-0.05, 0) is 35.9 Å². The largest absolute Gasteiger partial charge is 0.497 e. The molecule has 0 amide bonds. The van der Waals surface area contributed by atoms with Crippen LogP contribution >= 0.6 is 0 Å². The number of nitrogens with zero attached hydrogens (tertiary/aromatic N) is 2. The van der Waals surface area contributed by atoms with E-state index >= 15 is 0 Å². The van der Waals surface area contributed by atoms with E-state index < -0.39 is 15.9 Å². The van der Waals surface area contributed by atoms with E-state index in [2.05, 4.69) is 4.90 Å². The van der Waals surface area contributed by atoms with Crippen LogP contribution in [0.3, 0.4) is 0 Å². The molecule has 3 aromatic rings. The second-order valence-electron chi connectivity index (χ2n) is 6.70. The van der Waals surface area contributed by atoms with Crippen molar-refractivity contribution >= 4 is 32.5 Å². The molecule has 1 aliphatic heterocycles. The summed E-state index contributed by atoms with van der Waals surface area (Å²) in [6.07, 6.45) is -0.167. The zero-order valence-electron chi connectivity index (χ0n) is 15.2. The lowest BCUT2D eigenvalue weighted by atomic mass is 10.2. The molecule has 0 fully saturated rings. The van der Waals surface area contributed by atoms with Gasteiger partial charge in [0.25, 0.3) is 10.1 Å². The number of ether oxygens (including phenoxy) is 1. The highest BCUT2D eigenvalue weighted by Crippen LogP contribution is 2.45. The van der Waals surface area contributed by atoms with E-state index in [1.165, 1.54) is 0 Å². The van der Waals surface area contributed by atoms with Crippen LogP contribution in [-0.4, -0.2) is 34.2 Å². The Kier molecular flexibility index (Phi) is 4.05. The van der Waals surface area contributed by atoms with Gasteiger partial charge in [0.1, 0.15) is 22.8 Å². The summed E-state index contributed by atoms with van der Waals surface area (Å²) in [7, 11) is 1.43. The summed E-state index contributed by atoms with van der Waals surface area (Å²) in [5, 5.41) is 0.982. The van der Waals surface area contributed by atoms with E-state index in [1.54, 1.807) is 19.2 Å². The van der Waals surface area contributed by atoms with Crippen molar-refractivity contribution in [1.82, 2.24) is 0 Å². The molecule has 1 unspecified atom stereocenters. The first-order chi connectivity index (χ1) is 12.8. The van der Waals surface area contributed by atoms with Crippen molar-refractivity contribution in [2.45, 2.75) is 11.9 Å². The van der Waals surface area contributed by atoms with Crippen molar-refractivity contribution in [3.05, 3.63) is 53.8 Å². The van der Waals surface area contributed by atoms with E-state index in [-0.39, 0.29) is 6.17 Å². The van der Waals surface area contributed by atoms with Crippen LogP contribution in [0.5, 0.6) is 5.75 Å². The second kappa shape index (κ2) is 6.17. The summed E-state index contributed by atoms with van der Waals surface area (Å²) in [6, 6.07) is 13.0. The molecule has 0 saturated carbocycles. The van der Waals surface area contributed by atoms with Gasteiger partial charge in [0.05, 0.1) is 18.5 Å². The third-order valence-corrected chi connectivity index (χ3v) is 5.58. The van der Waals surface area contributed by atoms with Crippen LogP contribution in [0.4, 0.5) is 11.4 Å². The zero-order valence-corrected chi connectivity index (χ0v) is 16.0. The van der Waals surface area contributed by atoms with Crippen LogP contribution in [0.15, 0.2) is 46.9 Å². The number of rotatable bonds is 4. The van der Waals surface area contributed by atoms with Gasteiger partial charge in [-0.3, -0.25) is 4.55 Å². The molecule has 2 heterocycles. The minimum absolute atomic E-state index is 0.167. The molecule has 27 heavy (non-hydrogen) atoms. The Morgan fingerprint density at radius 2 is 1.81 bits per heavy atom. The molecule has 142 valence electrons. The van der Waals surface area contributed by atoms with Crippen molar-refractivity contribution in [1.29, 1.82) is 0 Å². The lowest BCUT2D eigenvalue weighted by molar-refractivity contribution is 0.414. The molecular weight excluding hydrogens is 368 g/mol. The molecule has 0 radical (unpaired) electrons. The smallest absolute Gasteiger partial charge is 0.269 e. The fourth-order valence-corrected chi connectivity index (χ4v) is 4.24. The van der Waals surface area contributed by atoms with Gasteiger partial charge in [-0.1, -0.05) is 6.07 Å². The molecule has 1 aliphatic rings. The number of fused-ring (bicyclic) bond motifs is 2. The number of anilines is 2.